The lowest BCUT2D eigenvalue weighted by Crippen LogP contribution is -2.36. The number of hydrogen-bond acceptors (Lipinski definition) is 3. The maximum Gasteiger partial charge on any atom is 0.0685 e. The highest BCUT2D eigenvalue weighted by Crippen LogP contribution is 1.86. The molecule has 0 rings (SSSR count). The van der Waals surface area contributed by atoms with E-state index in [2.05, 4.69) is 4.74 Å². The number of ether oxygens (including phenoxy) is 1. The molecular formula is C5H13NO2. The molecule has 0 amide bonds. The molecular weight excluding hydrogens is 106 g/mol. The molecule has 0 aromatic heterocycles. The van der Waals surface area contributed by atoms with Gasteiger partial charge in [0.15, 0.2) is 0 Å². The monoisotopic (exact) mass is 119 g/mol. The van der Waals surface area contributed by atoms with Crippen LogP contribution in [0.5, 0.6) is 0 Å². The predicted octanol–water partition coefficient (Wildman–Crippen LogP) is -0.659. The molecule has 0 aliphatic rings. The summed E-state index contributed by atoms with van der Waals surface area (Å²) in [5, 5.41) is 8.75. The van der Waals surface area contributed by atoms with Crippen molar-refractivity contribution in [2.75, 3.05) is 13.7 Å². The topological polar surface area (TPSA) is 55.5 Å². The largest absolute Gasteiger partial charge is 0.392 e. The molecule has 0 radical (unpaired) electrons. The fourth-order valence-corrected chi connectivity index (χ4v) is 0.332. The minimum Gasteiger partial charge on any atom is -0.392 e. The summed E-state index contributed by atoms with van der Waals surface area (Å²) in [7, 11) is 1.56. The predicted molar refractivity (Wildman–Crippen MR) is 31.5 cm³/mol. The Bertz CT molecular complexity index is 56.4. The van der Waals surface area contributed by atoms with Crippen molar-refractivity contribution >= 4 is 0 Å². The van der Waals surface area contributed by atoms with Gasteiger partial charge in [-0.25, -0.2) is 0 Å². The Kier molecular flexibility index (Phi) is 3.77. The van der Waals surface area contributed by atoms with Crippen LogP contribution in [0.4, 0.5) is 0 Å². The summed E-state index contributed by atoms with van der Waals surface area (Å²) in [6.07, 6.45) is -0.477. The normalized spacial score (nSPS) is 18.0. The number of aliphatic hydroxyl groups is 1. The first-order valence-electron chi connectivity index (χ1n) is 2.61. The summed E-state index contributed by atoms with van der Waals surface area (Å²) in [4.78, 5) is 0. The summed E-state index contributed by atoms with van der Waals surface area (Å²) in [5.74, 6) is 0. The zero-order chi connectivity index (χ0) is 6.57. The summed E-state index contributed by atoms with van der Waals surface area (Å²) < 4.78 is 4.68. The van der Waals surface area contributed by atoms with E-state index < -0.39 is 6.10 Å². The van der Waals surface area contributed by atoms with Gasteiger partial charge in [-0.2, -0.15) is 0 Å². The van der Waals surface area contributed by atoms with E-state index in [9.17, 15) is 0 Å². The maximum atomic E-state index is 8.75. The molecule has 0 bridgehead atoms. The zero-order valence-corrected chi connectivity index (χ0v) is 5.29. The van der Waals surface area contributed by atoms with Gasteiger partial charge in [0.2, 0.25) is 0 Å². The van der Waals surface area contributed by atoms with Crippen LogP contribution in [-0.4, -0.2) is 31.0 Å². The minimum atomic E-state index is -0.477. The third-order valence-corrected chi connectivity index (χ3v) is 0.979. The van der Waals surface area contributed by atoms with E-state index in [1.165, 1.54) is 0 Å². The third-order valence-electron chi connectivity index (χ3n) is 0.979. The quantitative estimate of drug-likeness (QED) is 0.518. The van der Waals surface area contributed by atoms with E-state index in [0.717, 1.165) is 0 Å². The second-order valence-electron chi connectivity index (χ2n) is 1.86. The van der Waals surface area contributed by atoms with Crippen LogP contribution in [-0.2, 0) is 4.74 Å². The Morgan fingerprint density at radius 1 is 1.75 bits per heavy atom. The zero-order valence-electron chi connectivity index (χ0n) is 5.29. The van der Waals surface area contributed by atoms with Gasteiger partial charge in [0.05, 0.1) is 18.8 Å². The molecule has 0 unspecified atom stereocenters. The number of methoxy groups -OCH3 is 1. The molecule has 3 nitrogen and oxygen atoms in total. The molecule has 50 valence electrons. The Morgan fingerprint density at radius 2 is 2.25 bits per heavy atom. The SMILES string of the molecule is COC[C@H](N)[C@@H](C)O. The maximum absolute atomic E-state index is 8.75. The van der Waals surface area contributed by atoms with Gasteiger partial charge in [-0.05, 0) is 6.92 Å². The molecule has 0 aliphatic carbocycles. The Hall–Kier alpha value is -0.120. The van der Waals surface area contributed by atoms with Crippen molar-refractivity contribution in [1.82, 2.24) is 0 Å². The first-order chi connectivity index (χ1) is 3.68. The van der Waals surface area contributed by atoms with Crippen molar-refractivity contribution in [3.8, 4) is 0 Å². The highest BCUT2D eigenvalue weighted by molar-refractivity contribution is 4.64. The van der Waals surface area contributed by atoms with E-state index in [-0.39, 0.29) is 6.04 Å². The molecule has 0 fully saturated rings. The van der Waals surface area contributed by atoms with Crippen molar-refractivity contribution in [3.05, 3.63) is 0 Å². The van der Waals surface area contributed by atoms with E-state index in [4.69, 9.17) is 10.8 Å². The molecule has 0 heterocycles. The van der Waals surface area contributed by atoms with Gasteiger partial charge in [0.25, 0.3) is 0 Å². The van der Waals surface area contributed by atoms with E-state index in [1.54, 1.807) is 14.0 Å². The standard InChI is InChI=1S/C5H13NO2/c1-4(7)5(6)3-8-2/h4-5,7H,3,6H2,1-2H3/t4-,5+/m1/s1. The van der Waals surface area contributed by atoms with Gasteiger partial charge >= 0.3 is 0 Å². The van der Waals surface area contributed by atoms with Gasteiger partial charge in [-0.1, -0.05) is 0 Å². The molecule has 8 heavy (non-hydrogen) atoms. The van der Waals surface area contributed by atoms with Gasteiger partial charge in [0, 0.05) is 7.11 Å². The van der Waals surface area contributed by atoms with Crippen LogP contribution in [0.25, 0.3) is 0 Å². The fourth-order valence-electron chi connectivity index (χ4n) is 0.332. The second kappa shape index (κ2) is 3.83. The van der Waals surface area contributed by atoms with Crippen LogP contribution in [0, 0.1) is 0 Å². The molecule has 3 heteroatoms. The van der Waals surface area contributed by atoms with Crippen molar-refractivity contribution in [2.45, 2.75) is 19.1 Å². The smallest absolute Gasteiger partial charge is 0.0685 e. The first-order valence-corrected chi connectivity index (χ1v) is 2.61. The van der Waals surface area contributed by atoms with Crippen LogP contribution in [0.3, 0.4) is 0 Å². The summed E-state index contributed by atoms with van der Waals surface area (Å²) in [5.41, 5.74) is 5.35. The van der Waals surface area contributed by atoms with E-state index in [0.29, 0.717) is 6.61 Å². The van der Waals surface area contributed by atoms with Gasteiger partial charge in [-0.15, -0.1) is 0 Å². The first kappa shape index (κ1) is 7.88. The Morgan fingerprint density at radius 3 is 2.38 bits per heavy atom. The molecule has 3 N–H and O–H groups in total. The van der Waals surface area contributed by atoms with Crippen LogP contribution in [0.1, 0.15) is 6.92 Å². The van der Waals surface area contributed by atoms with Crippen molar-refractivity contribution in [1.29, 1.82) is 0 Å². The van der Waals surface area contributed by atoms with E-state index in [1.807, 2.05) is 0 Å². The minimum absolute atomic E-state index is 0.250. The van der Waals surface area contributed by atoms with Gasteiger partial charge in [0.1, 0.15) is 0 Å². The number of rotatable bonds is 3. The van der Waals surface area contributed by atoms with Crippen LogP contribution in [0.15, 0.2) is 0 Å². The fraction of sp³-hybridized carbons (Fsp3) is 1.00. The lowest BCUT2D eigenvalue weighted by Gasteiger charge is -2.11. The summed E-state index contributed by atoms with van der Waals surface area (Å²) in [6, 6.07) is -0.250. The van der Waals surface area contributed by atoms with Gasteiger partial charge in [-0.3, -0.25) is 0 Å². The lowest BCUT2D eigenvalue weighted by molar-refractivity contribution is 0.0984. The van der Waals surface area contributed by atoms with E-state index >= 15 is 0 Å². The van der Waals surface area contributed by atoms with Crippen molar-refractivity contribution < 1.29 is 9.84 Å². The van der Waals surface area contributed by atoms with Crippen LogP contribution >= 0.6 is 0 Å². The molecule has 0 spiro atoms. The highest BCUT2D eigenvalue weighted by atomic mass is 16.5. The average Bonchev–Trinajstić information content (AvgIpc) is 1.67. The summed E-state index contributed by atoms with van der Waals surface area (Å²) >= 11 is 0. The molecule has 0 saturated carbocycles. The second-order valence-corrected chi connectivity index (χ2v) is 1.86. The molecule has 0 aliphatic heterocycles. The highest BCUT2D eigenvalue weighted by Gasteiger charge is 2.06. The Labute approximate surface area is 49.4 Å². The van der Waals surface area contributed by atoms with Crippen LogP contribution in [0.2, 0.25) is 0 Å². The number of hydrogen-bond donors (Lipinski definition) is 2. The lowest BCUT2D eigenvalue weighted by atomic mass is 10.2. The van der Waals surface area contributed by atoms with Crippen molar-refractivity contribution in [2.24, 2.45) is 5.73 Å². The molecule has 0 saturated heterocycles. The third kappa shape index (κ3) is 2.96. The molecule has 0 aromatic carbocycles. The summed E-state index contributed by atoms with van der Waals surface area (Å²) in [6.45, 7) is 2.06. The Balaban J connectivity index is 3.17. The molecule has 0 aromatic rings. The number of nitrogens with two attached hydrogens (primary N) is 1. The van der Waals surface area contributed by atoms with Gasteiger partial charge < -0.3 is 15.6 Å². The van der Waals surface area contributed by atoms with Crippen molar-refractivity contribution in [3.63, 3.8) is 0 Å². The number of aliphatic hydroxyl groups excluding tert-OH is 1. The average molecular weight is 119 g/mol. The van der Waals surface area contributed by atoms with Crippen LogP contribution < -0.4 is 5.73 Å². The molecule has 2 atom stereocenters.